The lowest BCUT2D eigenvalue weighted by atomic mass is 10.1. The van der Waals surface area contributed by atoms with Crippen LogP contribution in [0.25, 0.3) is 5.52 Å². The Morgan fingerprint density at radius 1 is 1.19 bits per heavy atom. The van der Waals surface area contributed by atoms with Crippen molar-refractivity contribution in [3.05, 3.63) is 23.1 Å². The number of anilines is 1. The molecule has 2 fully saturated rings. The van der Waals surface area contributed by atoms with E-state index in [0.29, 0.717) is 24.7 Å². The van der Waals surface area contributed by atoms with E-state index in [2.05, 4.69) is 15.4 Å². The molecule has 10 nitrogen and oxygen atoms in total. The summed E-state index contributed by atoms with van der Waals surface area (Å²) in [5.41, 5.74) is 1.68. The Morgan fingerprint density at radius 2 is 1.94 bits per heavy atom. The molecule has 2 atom stereocenters. The Kier molecular flexibility index (Phi) is 7.30. The zero-order valence-electron chi connectivity index (χ0n) is 17.0. The summed E-state index contributed by atoms with van der Waals surface area (Å²) in [5.74, 6) is 0.714. The summed E-state index contributed by atoms with van der Waals surface area (Å²) >= 11 is 6.20. The van der Waals surface area contributed by atoms with Gasteiger partial charge in [-0.2, -0.15) is 4.98 Å². The van der Waals surface area contributed by atoms with Crippen molar-refractivity contribution in [2.24, 2.45) is 0 Å². The summed E-state index contributed by atoms with van der Waals surface area (Å²) in [7, 11) is -2.67. The van der Waals surface area contributed by atoms with Crippen LogP contribution in [0.15, 0.2) is 12.1 Å². The minimum absolute atomic E-state index is 0.0190. The van der Waals surface area contributed by atoms with Crippen LogP contribution in [-0.4, -0.2) is 71.9 Å². The van der Waals surface area contributed by atoms with Gasteiger partial charge in [0.25, 0.3) is 0 Å². The third kappa shape index (κ3) is 4.82. The topological polar surface area (TPSA) is 142 Å². The maximum Gasteiger partial charge on any atom is 0.243 e. The third-order valence-corrected chi connectivity index (χ3v) is 7.34. The largest absolute Gasteiger partial charge is 0.393 e. The third-order valence-electron chi connectivity index (χ3n) is 6.04. The molecule has 1 aliphatic carbocycles. The fraction of sp³-hybridized carbons (Fsp3) is 0.684. The van der Waals surface area contributed by atoms with Crippen LogP contribution >= 0.6 is 20.0 Å². The normalized spacial score (nSPS) is 22.8. The lowest BCUT2D eigenvalue weighted by Gasteiger charge is -2.31. The minimum atomic E-state index is -2.67. The molecule has 1 aliphatic heterocycles. The fourth-order valence-corrected chi connectivity index (χ4v) is 4.83. The van der Waals surface area contributed by atoms with Gasteiger partial charge in [0.15, 0.2) is 11.2 Å². The molecular weight excluding hydrogens is 447 g/mol. The standard InChI is InChI=1S/C19H28ClN4O6P/c20-18-22-17(21-12-3-1-2-4-12)15-7-6-14(24(15)23-18)16-8-5-13(30-16)9-29-19(10-25,11-26)31(27)28/h6-7,12-13,16,25-28H,1-5,8-11H2,(H,21,22,23). The van der Waals surface area contributed by atoms with Crippen LogP contribution in [0.3, 0.4) is 0 Å². The number of ether oxygens (including phenoxy) is 2. The van der Waals surface area contributed by atoms with Gasteiger partial charge in [0.1, 0.15) is 11.6 Å². The molecule has 12 heteroatoms. The van der Waals surface area contributed by atoms with E-state index in [1.54, 1.807) is 4.52 Å². The Bertz CT molecular complexity index is 890. The van der Waals surface area contributed by atoms with Crippen LogP contribution in [0.4, 0.5) is 5.82 Å². The molecule has 2 aromatic rings. The average molecular weight is 475 g/mol. The predicted molar refractivity (Wildman–Crippen MR) is 115 cm³/mol. The summed E-state index contributed by atoms with van der Waals surface area (Å²) in [6.45, 7) is -1.38. The van der Waals surface area contributed by atoms with Crippen molar-refractivity contribution in [1.29, 1.82) is 0 Å². The molecule has 0 bridgehead atoms. The first kappa shape index (κ1) is 23.1. The minimum Gasteiger partial charge on any atom is -0.393 e. The van der Waals surface area contributed by atoms with Gasteiger partial charge in [-0.1, -0.05) is 12.8 Å². The summed E-state index contributed by atoms with van der Waals surface area (Å²) < 4.78 is 13.3. The number of fused-ring (bicyclic) bond motifs is 1. The second-order valence-corrected chi connectivity index (χ2v) is 9.83. The van der Waals surface area contributed by atoms with Crippen LogP contribution in [0.2, 0.25) is 5.28 Å². The zero-order valence-corrected chi connectivity index (χ0v) is 18.7. The summed E-state index contributed by atoms with van der Waals surface area (Å²) in [6.07, 6.45) is 5.46. The molecule has 0 spiro atoms. The number of aromatic nitrogens is 3. The molecule has 5 N–H and O–H groups in total. The van der Waals surface area contributed by atoms with Gasteiger partial charge in [-0.3, -0.25) is 0 Å². The molecule has 31 heavy (non-hydrogen) atoms. The van der Waals surface area contributed by atoms with Crippen molar-refractivity contribution in [3.63, 3.8) is 0 Å². The molecule has 2 aliphatic rings. The second-order valence-electron chi connectivity index (χ2n) is 8.10. The Balaban J connectivity index is 1.46. The van der Waals surface area contributed by atoms with E-state index >= 15 is 0 Å². The van der Waals surface area contributed by atoms with E-state index in [4.69, 9.17) is 21.1 Å². The molecule has 2 aromatic heterocycles. The van der Waals surface area contributed by atoms with E-state index in [9.17, 15) is 20.0 Å². The van der Waals surface area contributed by atoms with E-state index < -0.39 is 26.9 Å². The van der Waals surface area contributed by atoms with Crippen molar-refractivity contribution in [3.8, 4) is 0 Å². The molecule has 1 saturated heterocycles. The van der Waals surface area contributed by atoms with Gasteiger partial charge in [-0.05, 0) is 49.4 Å². The number of nitrogens with zero attached hydrogens (tertiary/aromatic N) is 3. The summed E-state index contributed by atoms with van der Waals surface area (Å²) in [6, 6.07) is 4.28. The number of hydrogen-bond acceptors (Lipinski definition) is 9. The van der Waals surface area contributed by atoms with E-state index in [1.807, 2.05) is 12.1 Å². The van der Waals surface area contributed by atoms with E-state index in [-0.39, 0.29) is 24.1 Å². The van der Waals surface area contributed by atoms with Crippen LogP contribution in [0.1, 0.15) is 50.3 Å². The number of rotatable bonds is 9. The van der Waals surface area contributed by atoms with Crippen LogP contribution in [0, 0.1) is 0 Å². The molecule has 0 aromatic carbocycles. The van der Waals surface area contributed by atoms with Crippen molar-refractivity contribution >= 4 is 31.3 Å². The molecule has 2 unspecified atom stereocenters. The summed E-state index contributed by atoms with van der Waals surface area (Å²) in [4.78, 5) is 23.4. The Labute approximate surface area is 186 Å². The number of hydrogen-bond donors (Lipinski definition) is 5. The molecule has 0 radical (unpaired) electrons. The summed E-state index contributed by atoms with van der Waals surface area (Å²) in [5, 5.41) is 25.1. The first-order valence-electron chi connectivity index (χ1n) is 10.5. The highest BCUT2D eigenvalue weighted by Crippen LogP contribution is 2.43. The smallest absolute Gasteiger partial charge is 0.243 e. The van der Waals surface area contributed by atoms with Crippen LogP contribution in [0.5, 0.6) is 0 Å². The molecule has 3 heterocycles. The number of nitrogens with one attached hydrogen (secondary N) is 1. The maximum atomic E-state index is 9.51. The monoisotopic (exact) mass is 474 g/mol. The van der Waals surface area contributed by atoms with Gasteiger partial charge in [-0.25, -0.2) is 4.52 Å². The molecular formula is C19H28ClN4O6P. The maximum absolute atomic E-state index is 9.51. The molecule has 1 saturated carbocycles. The van der Waals surface area contributed by atoms with Gasteiger partial charge < -0.3 is 34.8 Å². The lowest BCUT2D eigenvalue weighted by molar-refractivity contribution is -0.0976. The van der Waals surface area contributed by atoms with Gasteiger partial charge in [0.2, 0.25) is 13.7 Å². The fourth-order valence-electron chi connectivity index (χ4n) is 4.22. The molecule has 4 rings (SSSR count). The first-order valence-corrected chi connectivity index (χ1v) is 12.1. The van der Waals surface area contributed by atoms with Gasteiger partial charge in [-0.15, -0.1) is 5.10 Å². The van der Waals surface area contributed by atoms with Gasteiger partial charge >= 0.3 is 0 Å². The zero-order chi connectivity index (χ0) is 22.0. The van der Waals surface area contributed by atoms with Crippen molar-refractivity contribution in [2.45, 2.75) is 62.1 Å². The second kappa shape index (κ2) is 9.80. The Morgan fingerprint density at radius 3 is 2.61 bits per heavy atom. The van der Waals surface area contributed by atoms with Gasteiger partial charge in [0, 0.05) is 6.04 Å². The average Bonchev–Trinajstić information content (AvgIpc) is 3.49. The highest BCUT2D eigenvalue weighted by atomic mass is 35.5. The number of aliphatic hydroxyl groups excluding tert-OH is 2. The Hall–Kier alpha value is -1.10. The van der Waals surface area contributed by atoms with Crippen LogP contribution < -0.4 is 5.32 Å². The van der Waals surface area contributed by atoms with Crippen molar-refractivity contribution in [1.82, 2.24) is 14.6 Å². The van der Waals surface area contributed by atoms with Gasteiger partial charge in [0.05, 0.1) is 31.6 Å². The van der Waals surface area contributed by atoms with Crippen molar-refractivity contribution < 1.29 is 29.5 Å². The predicted octanol–water partition coefficient (Wildman–Crippen LogP) is 1.95. The first-order chi connectivity index (χ1) is 15.0. The SMILES string of the molecule is OCC(CO)(OCC1CCC(c2ccc3c(NC4CCCC4)nc(Cl)nn23)O1)P(O)O. The lowest BCUT2D eigenvalue weighted by Crippen LogP contribution is -2.41. The molecule has 0 amide bonds. The number of halogens is 1. The van der Waals surface area contributed by atoms with Crippen LogP contribution in [-0.2, 0) is 9.47 Å². The quantitative estimate of drug-likeness (QED) is 0.345. The highest BCUT2D eigenvalue weighted by molar-refractivity contribution is 7.46. The van der Waals surface area contributed by atoms with E-state index in [1.165, 1.54) is 12.8 Å². The molecule has 172 valence electrons. The highest BCUT2D eigenvalue weighted by Gasteiger charge is 2.40. The van der Waals surface area contributed by atoms with Crippen molar-refractivity contribution in [2.75, 3.05) is 25.1 Å². The number of aliphatic hydroxyl groups is 2. The van der Waals surface area contributed by atoms with E-state index in [0.717, 1.165) is 24.1 Å².